The fraction of sp³-hybridized carbons (Fsp3) is 0.300. The highest BCUT2D eigenvalue weighted by Crippen LogP contribution is 2.26. The average molecular weight is 305 g/mol. The van der Waals surface area contributed by atoms with Crippen molar-refractivity contribution in [3.8, 4) is 0 Å². The first-order valence-electron chi connectivity index (χ1n) is 5.38. The molecule has 8 nitrogen and oxygen atoms in total. The van der Waals surface area contributed by atoms with Crippen LogP contribution in [0.4, 0.5) is 10.1 Å². The molecular formula is C10H12FN3O5S. The lowest BCUT2D eigenvalue weighted by atomic mass is 10.2. The molecule has 0 aromatic heterocycles. The van der Waals surface area contributed by atoms with E-state index >= 15 is 0 Å². The lowest BCUT2D eigenvalue weighted by Gasteiger charge is -2.12. The molecule has 110 valence electrons. The number of amides is 1. The van der Waals surface area contributed by atoms with Crippen molar-refractivity contribution in [2.24, 2.45) is 5.73 Å². The first-order chi connectivity index (χ1) is 9.15. The highest BCUT2D eigenvalue weighted by Gasteiger charge is 2.30. The Morgan fingerprint density at radius 3 is 2.65 bits per heavy atom. The molecule has 0 aliphatic heterocycles. The van der Waals surface area contributed by atoms with Gasteiger partial charge in [0, 0.05) is 12.5 Å². The summed E-state index contributed by atoms with van der Waals surface area (Å²) in [6.07, 6.45) is -0.289. The van der Waals surface area contributed by atoms with Crippen LogP contribution in [0.3, 0.4) is 0 Å². The van der Waals surface area contributed by atoms with Crippen LogP contribution in [0.15, 0.2) is 23.1 Å². The molecule has 0 aliphatic carbocycles. The molecule has 0 spiro atoms. The number of para-hydroxylation sites is 1. The number of hydrogen-bond donors (Lipinski definition) is 2. The molecule has 20 heavy (non-hydrogen) atoms. The normalized spacial score (nSPS) is 12.9. The van der Waals surface area contributed by atoms with E-state index in [0.717, 1.165) is 18.2 Å². The zero-order valence-corrected chi connectivity index (χ0v) is 11.2. The van der Waals surface area contributed by atoms with E-state index in [9.17, 15) is 27.7 Å². The third-order valence-corrected chi connectivity index (χ3v) is 3.91. The molecule has 1 unspecified atom stereocenters. The van der Waals surface area contributed by atoms with Gasteiger partial charge in [-0.3, -0.25) is 14.9 Å². The molecule has 0 saturated heterocycles. The van der Waals surface area contributed by atoms with Gasteiger partial charge in [0.2, 0.25) is 21.7 Å². The number of benzene rings is 1. The number of nitro groups is 1. The SMILES string of the molecule is CC(CC(N)=O)NS(=O)(=O)c1cccc(F)c1[N+](=O)[O-]. The van der Waals surface area contributed by atoms with Gasteiger partial charge in [-0.2, -0.15) is 4.39 Å². The van der Waals surface area contributed by atoms with E-state index in [1.165, 1.54) is 6.92 Å². The molecule has 1 aromatic rings. The van der Waals surface area contributed by atoms with Crippen molar-refractivity contribution in [3.63, 3.8) is 0 Å². The first kappa shape index (κ1) is 16.0. The van der Waals surface area contributed by atoms with E-state index in [0.29, 0.717) is 0 Å². The topological polar surface area (TPSA) is 132 Å². The molecule has 3 N–H and O–H groups in total. The molecule has 1 atom stereocenters. The highest BCUT2D eigenvalue weighted by molar-refractivity contribution is 7.89. The molecule has 1 amide bonds. The molecule has 1 rings (SSSR count). The van der Waals surface area contributed by atoms with Gasteiger partial charge in [-0.05, 0) is 19.1 Å². The zero-order chi connectivity index (χ0) is 15.5. The summed E-state index contributed by atoms with van der Waals surface area (Å²) in [5.41, 5.74) is 3.76. The van der Waals surface area contributed by atoms with Gasteiger partial charge in [-0.15, -0.1) is 0 Å². The molecule has 0 fully saturated rings. The fourth-order valence-electron chi connectivity index (χ4n) is 1.56. The number of nitro benzene ring substituents is 1. The lowest BCUT2D eigenvalue weighted by molar-refractivity contribution is -0.390. The van der Waals surface area contributed by atoms with Gasteiger partial charge in [0.25, 0.3) is 0 Å². The Balaban J connectivity index is 3.20. The second-order valence-electron chi connectivity index (χ2n) is 4.04. The van der Waals surface area contributed by atoms with Gasteiger partial charge in [-0.25, -0.2) is 13.1 Å². The van der Waals surface area contributed by atoms with Crippen LogP contribution < -0.4 is 10.5 Å². The Hall–Kier alpha value is -2.07. The average Bonchev–Trinajstić information content (AvgIpc) is 2.25. The fourth-order valence-corrected chi connectivity index (χ4v) is 2.99. The van der Waals surface area contributed by atoms with Crippen LogP contribution in [0, 0.1) is 15.9 Å². The van der Waals surface area contributed by atoms with Crippen molar-refractivity contribution in [1.82, 2.24) is 4.72 Å². The number of hydrogen-bond acceptors (Lipinski definition) is 5. The van der Waals surface area contributed by atoms with Gasteiger partial charge >= 0.3 is 5.69 Å². The van der Waals surface area contributed by atoms with E-state index in [1.54, 1.807) is 0 Å². The minimum absolute atomic E-state index is 0.289. The molecule has 0 bridgehead atoms. The van der Waals surface area contributed by atoms with Crippen LogP contribution >= 0.6 is 0 Å². The summed E-state index contributed by atoms with van der Waals surface area (Å²) in [4.78, 5) is 19.5. The number of primary amides is 1. The molecule has 0 saturated carbocycles. The largest absolute Gasteiger partial charge is 0.370 e. The van der Waals surface area contributed by atoms with E-state index in [1.807, 2.05) is 4.72 Å². The number of nitrogens with two attached hydrogens (primary N) is 1. The third-order valence-electron chi connectivity index (χ3n) is 2.29. The van der Waals surface area contributed by atoms with Crippen molar-refractivity contribution in [2.75, 3.05) is 0 Å². The Morgan fingerprint density at radius 2 is 2.15 bits per heavy atom. The Bertz CT molecular complexity index is 646. The quantitative estimate of drug-likeness (QED) is 0.575. The first-order valence-corrected chi connectivity index (χ1v) is 6.87. The second kappa shape index (κ2) is 5.92. The molecular weight excluding hydrogens is 293 g/mol. The molecule has 10 heteroatoms. The lowest BCUT2D eigenvalue weighted by Crippen LogP contribution is -2.36. The van der Waals surface area contributed by atoms with E-state index in [2.05, 4.69) is 0 Å². The predicted molar refractivity (Wildman–Crippen MR) is 66.6 cm³/mol. The Labute approximate surface area is 114 Å². The molecule has 1 aromatic carbocycles. The summed E-state index contributed by atoms with van der Waals surface area (Å²) in [5.74, 6) is -2.01. The summed E-state index contributed by atoms with van der Waals surface area (Å²) in [6, 6.07) is 1.85. The number of carbonyl (C=O) groups excluding carboxylic acids is 1. The van der Waals surface area contributed by atoms with Crippen molar-refractivity contribution in [2.45, 2.75) is 24.3 Å². The number of carbonyl (C=O) groups is 1. The van der Waals surface area contributed by atoms with Crippen molar-refractivity contribution < 1.29 is 22.5 Å². The van der Waals surface area contributed by atoms with Crippen molar-refractivity contribution >= 4 is 21.6 Å². The molecule has 0 heterocycles. The summed E-state index contributed by atoms with van der Waals surface area (Å²) in [7, 11) is -4.34. The van der Waals surface area contributed by atoms with Crippen molar-refractivity contribution in [1.29, 1.82) is 0 Å². The van der Waals surface area contributed by atoms with Gasteiger partial charge in [0.1, 0.15) is 0 Å². The minimum Gasteiger partial charge on any atom is -0.370 e. The number of sulfonamides is 1. The summed E-state index contributed by atoms with van der Waals surface area (Å²) in [5, 5.41) is 10.8. The van der Waals surface area contributed by atoms with Crippen LogP contribution in [0.2, 0.25) is 0 Å². The van der Waals surface area contributed by atoms with Gasteiger partial charge in [-0.1, -0.05) is 6.07 Å². The highest BCUT2D eigenvalue weighted by atomic mass is 32.2. The number of nitrogens with one attached hydrogen (secondary N) is 1. The zero-order valence-electron chi connectivity index (χ0n) is 10.4. The summed E-state index contributed by atoms with van der Waals surface area (Å²) < 4.78 is 39.3. The monoisotopic (exact) mass is 305 g/mol. The maximum atomic E-state index is 13.4. The van der Waals surface area contributed by atoms with Crippen LogP contribution in [0.5, 0.6) is 0 Å². The van der Waals surface area contributed by atoms with Crippen LogP contribution in [0.1, 0.15) is 13.3 Å². The standard InChI is InChI=1S/C10H12FN3O5S/c1-6(5-9(12)15)13-20(18,19)8-4-2-3-7(11)10(8)14(16)17/h2-4,6,13H,5H2,1H3,(H2,12,15). The van der Waals surface area contributed by atoms with Crippen LogP contribution in [0.25, 0.3) is 0 Å². The number of nitrogens with zero attached hydrogens (tertiary/aromatic N) is 1. The predicted octanol–water partition coefficient (Wildman–Crippen LogP) is 0.276. The molecule has 0 radical (unpaired) electrons. The maximum absolute atomic E-state index is 13.4. The Kier molecular flexibility index (Phi) is 4.73. The van der Waals surface area contributed by atoms with Gasteiger partial charge < -0.3 is 5.73 Å². The van der Waals surface area contributed by atoms with E-state index < -0.39 is 43.3 Å². The van der Waals surface area contributed by atoms with E-state index in [4.69, 9.17) is 5.73 Å². The second-order valence-corrected chi connectivity index (χ2v) is 5.72. The Morgan fingerprint density at radius 1 is 1.55 bits per heavy atom. The van der Waals surface area contributed by atoms with E-state index in [-0.39, 0.29) is 6.42 Å². The van der Waals surface area contributed by atoms with Crippen LogP contribution in [-0.4, -0.2) is 25.3 Å². The number of rotatable bonds is 6. The molecule has 0 aliphatic rings. The van der Waals surface area contributed by atoms with Crippen LogP contribution in [-0.2, 0) is 14.8 Å². The maximum Gasteiger partial charge on any atom is 0.324 e. The number of halogens is 1. The van der Waals surface area contributed by atoms with Gasteiger partial charge in [0.15, 0.2) is 4.90 Å². The smallest absolute Gasteiger partial charge is 0.324 e. The van der Waals surface area contributed by atoms with Crippen molar-refractivity contribution in [3.05, 3.63) is 34.1 Å². The summed E-state index contributed by atoms with van der Waals surface area (Å²) >= 11 is 0. The van der Waals surface area contributed by atoms with Gasteiger partial charge in [0.05, 0.1) is 4.92 Å². The third kappa shape index (κ3) is 3.71. The summed E-state index contributed by atoms with van der Waals surface area (Å²) in [6.45, 7) is 1.35. The minimum atomic E-state index is -4.34.